The molecule has 5 nitrogen and oxygen atoms in total. The first kappa shape index (κ1) is 19.3. The molecule has 0 saturated carbocycles. The van der Waals surface area contributed by atoms with Crippen molar-refractivity contribution in [1.29, 1.82) is 0 Å². The fourth-order valence-corrected chi connectivity index (χ4v) is 3.44. The Morgan fingerprint density at radius 3 is 2.32 bits per heavy atom. The summed E-state index contributed by atoms with van der Waals surface area (Å²) >= 11 is 0. The number of ether oxygens (including phenoxy) is 1. The minimum Gasteiger partial charge on any atom is -0.445 e. The van der Waals surface area contributed by atoms with Crippen molar-refractivity contribution in [2.45, 2.75) is 46.8 Å². The van der Waals surface area contributed by atoms with Crippen molar-refractivity contribution in [3.63, 3.8) is 0 Å². The highest BCUT2D eigenvalue weighted by Gasteiger charge is 2.32. The number of piperidine rings is 1. The zero-order valence-corrected chi connectivity index (χ0v) is 15.7. The number of amides is 2. The van der Waals surface area contributed by atoms with E-state index in [1.54, 1.807) is 0 Å². The molecule has 2 amide bonds. The molecule has 3 atom stereocenters. The molecular formula is C20H30N2O3. The van der Waals surface area contributed by atoms with E-state index >= 15 is 0 Å². The summed E-state index contributed by atoms with van der Waals surface area (Å²) in [6.07, 6.45) is 0.594. The fourth-order valence-electron chi connectivity index (χ4n) is 3.44. The molecule has 0 spiro atoms. The first-order chi connectivity index (χ1) is 11.9. The molecule has 25 heavy (non-hydrogen) atoms. The fraction of sp³-hybridized carbons (Fsp3) is 0.600. The van der Waals surface area contributed by atoms with Crippen LogP contribution in [0.1, 0.15) is 39.7 Å². The Balaban J connectivity index is 1.93. The maximum absolute atomic E-state index is 12.9. The van der Waals surface area contributed by atoms with Crippen LogP contribution in [0.25, 0.3) is 0 Å². The molecule has 0 radical (unpaired) electrons. The predicted molar refractivity (Wildman–Crippen MR) is 97.9 cm³/mol. The second kappa shape index (κ2) is 8.88. The zero-order valence-electron chi connectivity index (χ0n) is 15.7. The number of benzene rings is 1. The molecule has 0 aliphatic carbocycles. The molecule has 1 N–H and O–H groups in total. The third-order valence-electron chi connectivity index (χ3n) is 4.60. The van der Waals surface area contributed by atoms with E-state index in [0.717, 1.165) is 25.1 Å². The summed E-state index contributed by atoms with van der Waals surface area (Å²) in [4.78, 5) is 26.9. The van der Waals surface area contributed by atoms with Crippen LogP contribution < -0.4 is 5.32 Å². The van der Waals surface area contributed by atoms with Crippen molar-refractivity contribution >= 4 is 12.0 Å². The summed E-state index contributed by atoms with van der Waals surface area (Å²) in [5.74, 6) is 0.977. The predicted octanol–water partition coefficient (Wildman–Crippen LogP) is 3.44. The zero-order chi connectivity index (χ0) is 18.4. The van der Waals surface area contributed by atoms with E-state index in [1.807, 2.05) is 49.1 Å². The molecule has 0 aromatic heterocycles. The van der Waals surface area contributed by atoms with Crippen LogP contribution in [0.15, 0.2) is 30.3 Å². The van der Waals surface area contributed by atoms with Crippen molar-refractivity contribution in [2.75, 3.05) is 13.1 Å². The average molecular weight is 346 g/mol. The second-order valence-electron chi connectivity index (χ2n) is 7.62. The van der Waals surface area contributed by atoms with Gasteiger partial charge in [-0.05, 0) is 29.7 Å². The molecule has 1 fully saturated rings. The summed E-state index contributed by atoms with van der Waals surface area (Å²) < 4.78 is 5.27. The molecule has 1 aliphatic rings. The molecule has 2 rings (SSSR count). The Kier molecular flexibility index (Phi) is 6.85. The van der Waals surface area contributed by atoms with Gasteiger partial charge in [0.15, 0.2) is 0 Å². The normalized spacial score (nSPS) is 21.7. The molecule has 5 heteroatoms. The van der Waals surface area contributed by atoms with Crippen molar-refractivity contribution in [3.8, 4) is 0 Å². The first-order valence-corrected chi connectivity index (χ1v) is 9.12. The number of likely N-dealkylation sites (tertiary alicyclic amines) is 1. The molecule has 3 unspecified atom stereocenters. The minimum atomic E-state index is -0.555. The van der Waals surface area contributed by atoms with Gasteiger partial charge in [0.25, 0.3) is 0 Å². The van der Waals surface area contributed by atoms with Crippen molar-refractivity contribution in [3.05, 3.63) is 35.9 Å². The summed E-state index contributed by atoms with van der Waals surface area (Å²) in [7, 11) is 0. The summed E-state index contributed by atoms with van der Waals surface area (Å²) in [5.41, 5.74) is 0.920. The molecular weight excluding hydrogens is 316 g/mol. The average Bonchev–Trinajstić information content (AvgIpc) is 2.57. The van der Waals surface area contributed by atoms with Gasteiger partial charge in [-0.1, -0.05) is 58.0 Å². The Morgan fingerprint density at radius 1 is 1.16 bits per heavy atom. The maximum Gasteiger partial charge on any atom is 0.408 e. The van der Waals surface area contributed by atoms with Gasteiger partial charge in [-0.3, -0.25) is 4.79 Å². The van der Waals surface area contributed by atoms with Crippen LogP contribution in [0.3, 0.4) is 0 Å². The molecule has 1 aromatic rings. The molecule has 1 saturated heterocycles. The van der Waals surface area contributed by atoms with E-state index in [-0.39, 0.29) is 18.4 Å². The summed E-state index contributed by atoms with van der Waals surface area (Å²) in [5, 5.41) is 2.76. The highest BCUT2D eigenvalue weighted by atomic mass is 16.5. The number of rotatable bonds is 5. The Hall–Kier alpha value is -2.04. The van der Waals surface area contributed by atoms with Crippen LogP contribution in [-0.2, 0) is 16.1 Å². The number of hydrogen-bond acceptors (Lipinski definition) is 3. The van der Waals surface area contributed by atoms with E-state index in [4.69, 9.17) is 4.74 Å². The second-order valence-corrected chi connectivity index (χ2v) is 7.62. The largest absolute Gasteiger partial charge is 0.445 e. The third kappa shape index (κ3) is 5.76. The van der Waals surface area contributed by atoms with E-state index in [0.29, 0.717) is 11.8 Å². The monoisotopic (exact) mass is 346 g/mol. The lowest BCUT2D eigenvalue weighted by molar-refractivity contribution is -0.137. The van der Waals surface area contributed by atoms with Gasteiger partial charge >= 0.3 is 6.09 Å². The van der Waals surface area contributed by atoms with Gasteiger partial charge in [0.05, 0.1) is 0 Å². The lowest BCUT2D eigenvalue weighted by Gasteiger charge is -2.37. The number of nitrogens with zero attached hydrogens (tertiary/aromatic N) is 1. The topological polar surface area (TPSA) is 58.6 Å². The van der Waals surface area contributed by atoms with Gasteiger partial charge in [-0.15, -0.1) is 0 Å². The van der Waals surface area contributed by atoms with Crippen LogP contribution in [0, 0.1) is 17.8 Å². The highest BCUT2D eigenvalue weighted by Crippen LogP contribution is 2.22. The van der Waals surface area contributed by atoms with Crippen LogP contribution >= 0.6 is 0 Å². The van der Waals surface area contributed by atoms with Gasteiger partial charge in [-0.2, -0.15) is 0 Å². The molecule has 0 bridgehead atoms. The lowest BCUT2D eigenvalue weighted by atomic mass is 9.90. The minimum absolute atomic E-state index is 0.00399. The summed E-state index contributed by atoms with van der Waals surface area (Å²) in [6, 6.07) is 8.95. The molecule has 1 heterocycles. The van der Waals surface area contributed by atoms with Gasteiger partial charge in [0.1, 0.15) is 12.6 Å². The van der Waals surface area contributed by atoms with E-state index in [2.05, 4.69) is 19.2 Å². The van der Waals surface area contributed by atoms with Crippen molar-refractivity contribution in [2.24, 2.45) is 17.8 Å². The van der Waals surface area contributed by atoms with E-state index < -0.39 is 12.1 Å². The molecule has 1 aliphatic heterocycles. The maximum atomic E-state index is 12.9. The van der Waals surface area contributed by atoms with Crippen molar-refractivity contribution in [1.82, 2.24) is 10.2 Å². The van der Waals surface area contributed by atoms with Crippen molar-refractivity contribution < 1.29 is 14.3 Å². The Labute approximate surface area is 150 Å². The number of carbonyl (C=O) groups excluding carboxylic acids is 2. The number of alkyl carbamates (subject to hydrolysis) is 1. The van der Waals surface area contributed by atoms with Gasteiger partial charge in [-0.25, -0.2) is 4.79 Å². The van der Waals surface area contributed by atoms with Crippen LogP contribution in [0.2, 0.25) is 0 Å². The first-order valence-electron chi connectivity index (χ1n) is 9.12. The Morgan fingerprint density at radius 2 is 1.76 bits per heavy atom. The van der Waals surface area contributed by atoms with E-state index in [1.165, 1.54) is 0 Å². The van der Waals surface area contributed by atoms with Gasteiger partial charge in [0.2, 0.25) is 5.91 Å². The van der Waals surface area contributed by atoms with Crippen LogP contribution in [0.5, 0.6) is 0 Å². The van der Waals surface area contributed by atoms with Crippen LogP contribution in [0.4, 0.5) is 4.79 Å². The van der Waals surface area contributed by atoms with Crippen LogP contribution in [-0.4, -0.2) is 36.0 Å². The standard InChI is InChI=1S/C20H30N2O3/c1-14(2)18(19(23)22-11-15(3)10-16(4)12-22)21-20(24)25-13-17-8-6-5-7-9-17/h5-9,14-16,18H,10-13H2,1-4H3,(H,21,24). The highest BCUT2D eigenvalue weighted by molar-refractivity contribution is 5.86. The molecule has 1 aromatic carbocycles. The quantitative estimate of drug-likeness (QED) is 0.888. The SMILES string of the molecule is CC1CC(C)CN(C(=O)C(NC(=O)OCc2ccccc2)C(C)C)C1. The number of nitrogens with one attached hydrogen (secondary N) is 1. The summed E-state index contributed by atoms with van der Waals surface area (Å²) in [6.45, 7) is 9.93. The van der Waals surface area contributed by atoms with E-state index in [9.17, 15) is 9.59 Å². The molecule has 138 valence electrons. The third-order valence-corrected chi connectivity index (χ3v) is 4.60. The van der Waals surface area contributed by atoms with Gasteiger partial charge < -0.3 is 15.0 Å². The smallest absolute Gasteiger partial charge is 0.408 e. The van der Waals surface area contributed by atoms with Gasteiger partial charge in [0, 0.05) is 13.1 Å². The Bertz CT molecular complexity index is 564. The number of carbonyl (C=O) groups is 2. The lowest BCUT2D eigenvalue weighted by Crippen LogP contribution is -2.54. The number of hydrogen-bond donors (Lipinski definition) is 1.